The van der Waals surface area contributed by atoms with Crippen molar-refractivity contribution in [1.82, 2.24) is 0 Å². The van der Waals surface area contributed by atoms with Gasteiger partial charge in [0.15, 0.2) is 5.58 Å². The van der Waals surface area contributed by atoms with Crippen molar-refractivity contribution in [2.45, 2.75) is 11.8 Å². The minimum atomic E-state index is -0.315. The molecule has 7 aromatic carbocycles. The molecular formula is C48H31NO. The van der Waals surface area contributed by atoms with E-state index in [2.05, 4.69) is 175 Å². The van der Waals surface area contributed by atoms with Crippen LogP contribution in [0.1, 0.15) is 28.7 Å². The molecule has 11 rings (SSSR count). The van der Waals surface area contributed by atoms with Crippen molar-refractivity contribution in [2.24, 2.45) is 0 Å². The summed E-state index contributed by atoms with van der Waals surface area (Å²) in [7, 11) is 0. The largest absolute Gasteiger partial charge is 0.454 e. The number of rotatable bonds is 4. The highest BCUT2D eigenvalue weighted by Crippen LogP contribution is 2.64. The second kappa shape index (κ2) is 10.3. The number of furan rings is 1. The Bertz CT molecular complexity index is 2680. The van der Waals surface area contributed by atoms with Crippen LogP contribution < -0.4 is 4.90 Å². The van der Waals surface area contributed by atoms with Crippen LogP contribution in [-0.4, -0.2) is 0 Å². The van der Waals surface area contributed by atoms with E-state index in [0.29, 0.717) is 0 Å². The summed E-state index contributed by atoms with van der Waals surface area (Å²) < 4.78 is 6.66. The van der Waals surface area contributed by atoms with Gasteiger partial charge in [0.2, 0.25) is 0 Å². The van der Waals surface area contributed by atoms with Crippen LogP contribution in [0.25, 0.3) is 49.8 Å². The smallest absolute Gasteiger partial charge is 0.159 e. The number of hydrogen-bond donors (Lipinski definition) is 0. The molecule has 234 valence electrons. The number of anilines is 3. The summed E-state index contributed by atoms with van der Waals surface area (Å²) >= 11 is 0. The van der Waals surface area contributed by atoms with Crippen LogP contribution in [0.4, 0.5) is 17.1 Å². The Labute approximate surface area is 290 Å². The maximum atomic E-state index is 6.66. The van der Waals surface area contributed by atoms with E-state index in [9.17, 15) is 0 Å². The predicted octanol–water partition coefficient (Wildman–Crippen LogP) is 12.8. The average Bonchev–Trinajstić information content (AvgIpc) is 3.94. The summed E-state index contributed by atoms with van der Waals surface area (Å²) in [6, 6.07) is 59.6. The van der Waals surface area contributed by atoms with E-state index in [4.69, 9.17) is 4.42 Å². The van der Waals surface area contributed by atoms with Crippen molar-refractivity contribution in [3.63, 3.8) is 0 Å². The van der Waals surface area contributed by atoms with Gasteiger partial charge in [-0.3, -0.25) is 0 Å². The number of nitrogens with zero attached hydrogens (tertiary/aromatic N) is 1. The topological polar surface area (TPSA) is 16.4 Å². The third-order valence-electron chi connectivity index (χ3n) is 11.1. The van der Waals surface area contributed by atoms with Crippen molar-refractivity contribution in [1.29, 1.82) is 0 Å². The van der Waals surface area contributed by atoms with Gasteiger partial charge in [-0.15, -0.1) is 0 Å². The van der Waals surface area contributed by atoms with Gasteiger partial charge in [0, 0.05) is 22.1 Å². The molecule has 0 atom stereocenters. The summed E-state index contributed by atoms with van der Waals surface area (Å²) in [5.74, 6) is 0. The number of fused-ring (bicyclic) bond motifs is 12. The first-order valence-electron chi connectivity index (χ1n) is 17.4. The van der Waals surface area contributed by atoms with Crippen LogP contribution in [0.5, 0.6) is 0 Å². The van der Waals surface area contributed by atoms with Crippen LogP contribution in [0, 0.1) is 0 Å². The van der Waals surface area contributed by atoms with Crippen LogP contribution in [-0.2, 0) is 5.41 Å². The first-order valence-corrected chi connectivity index (χ1v) is 17.4. The van der Waals surface area contributed by atoms with Gasteiger partial charge >= 0.3 is 0 Å². The molecule has 1 aromatic heterocycles. The Kier molecular flexibility index (Phi) is 5.68. The third kappa shape index (κ3) is 3.63. The lowest BCUT2D eigenvalue weighted by Gasteiger charge is -2.32. The number of para-hydroxylation sites is 2. The lowest BCUT2D eigenvalue weighted by molar-refractivity contribution is 0.669. The minimum absolute atomic E-state index is 0.315. The zero-order valence-electron chi connectivity index (χ0n) is 27.3. The molecule has 1 heterocycles. The molecule has 50 heavy (non-hydrogen) atoms. The Morgan fingerprint density at radius 1 is 0.500 bits per heavy atom. The average molecular weight is 638 g/mol. The van der Waals surface area contributed by atoms with Crippen LogP contribution in [0.3, 0.4) is 0 Å². The van der Waals surface area contributed by atoms with Gasteiger partial charge < -0.3 is 9.32 Å². The second-order valence-corrected chi connectivity index (χ2v) is 13.6. The zero-order valence-corrected chi connectivity index (χ0v) is 27.3. The number of allylic oxidation sites excluding steroid dienone is 4. The fourth-order valence-electron chi connectivity index (χ4n) is 9.09. The van der Waals surface area contributed by atoms with Gasteiger partial charge in [-0.25, -0.2) is 0 Å². The summed E-state index contributed by atoms with van der Waals surface area (Å²) in [6.07, 6.45) is 5.67. The summed E-state index contributed by atoms with van der Waals surface area (Å²) in [6.45, 7) is 0. The molecule has 0 fully saturated rings. The fourth-order valence-corrected chi connectivity index (χ4v) is 9.09. The molecule has 0 amide bonds. The SMILES string of the molecule is C1=CC2=C(C1)c1cc(N(c3ccc(-c4ccccc4)cc3)c3cccc4c3oc3ccccc34)ccc1C21c2ccccc2-c2ccccc21. The molecule has 8 aromatic rings. The van der Waals surface area contributed by atoms with Gasteiger partial charge in [0.05, 0.1) is 11.1 Å². The van der Waals surface area contributed by atoms with E-state index >= 15 is 0 Å². The second-order valence-electron chi connectivity index (χ2n) is 13.6. The maximum absolute atomic E-state index is 6.66. The Hall–Kier alpha value is -6.38. The van der Waals surface area contributed by atoms with Crippen LogP contribution in [0.2, 0.25) is 0 Å². The minimum Gasteiger partial charge on any atom is -0.454 e. The van der Waals surface area contributed by atoms with Gasteiger partial charge in [0.25, 0.3) is 0 Å². The first kappa shape index (κ1) is 27.6. The molecule has 0 saturated heterocycles. The van der Waals surface area contributed by atoms with E-state index in [1.165, 1.54) is 55.7 Å². The van der Waals surface area contributed by atoms with Crippen molar-refractivity contribution in [3.8, 4) is 22.3 Å². The highest BCUT2D eigenvalue weighted by molar-refractivity contribution is 6.10. The monoisotopic (exact) mass is 637 g/mol. The lowest BCUT2D eigenvalue weighted by Crippen LogP contribution is -2.26. The molecular weight excluding hydrogens is 607 g/mol. The standard InChI is InChI=1S/C48H31NO/c1-2-12-31(13-3-1)32-24-26-33(27-25-32)49(45-22-11-18-39-38-16-6-9-23-46(38)50-47(39)45)34-28-29-44-40(30-34)37-17-10-21-43(37)48(44)41-19-7-4-14-35(41)36-15-5-8-20-42(36)48/h1-16,18-30H,17H2. The van der Waals surface area contributed by atoms with E-state index < -0.39 is 0 Å². The predicted molar refractivity (Wildman–Crippen MR) is 206 cm³/mol. The molecule has 0 saturated carbocycles. The van der Waals surface area contributed by atoms with E-state index in [1.54, 1.807) is 0 Å². The van der Waals surface area contributed by atoms with E-state index in [1.807, 2.05) is 6.07 Å². The summed E-state index contributed by atoms with van der Waals surface area (Å²) in [4.78, 5) is 2.38. The zero-order chi connectivity index (χ0) is 32.8. The van der Waals surface area contributed by atoms with Crippen molar-refractivity contribution < 1.29 is 4.42 Å². The third-order valence-corrected chi connectivity index (χ3v) is 11.1. The molecule has 0 radical (unpaired) electrons. The van der Waals surface area contributed by atoms with Gasteiger partial charge in [-0.2, -0.15) is 0 Å². The molecule has 2 heteroatoms. The molecule has 1 spiro atoms. The molecule has 0 unspecified atom stereocenters. The first-order chi connectivity index (χ1) is 24.8. The molecule has 2 nitrogen and oxygen atoms in total. The Balaban J connectivity index is 1.15. The molecule has 0 aliphatic heterocycles. The highest BCUT2D eigenvalue weighted by atomic mass is 16.3. The van der Waals surface area contributed by atoms with Crippen LogP contribution in [0.15, 0.2) is 186 Å². The summed E-state index contributed by atoms with van der Waals surface area (Å²) in [5, 5.41) is 2.25. The normalized spacial score (nSPS) is 14.7. The van der Waals surface area contributed by atoms with E-state index in [-0.39, 0.29) is 5.41 Å². The molecule has 0 N–H and O–H groups in total. The summed E-state index contributed by atoms with van der Waals surface area (Å²) in [5.41, 5.74) is 18.1. The quantitative estimate of drug-likeness (QED) is 0.191. The highest BCUT2D eigenvalue weighted by Gasteiger charge is 2.52. The Morgan fingerprint density at radius 3 is 1.94 bits per heavy atom. The van der Waals surface area contributed by atoms with Crippen molar-refractivity contribution in [2.75, 3.05) is 4.90 Å². The van der Waals surface area contributed by atoms with E-state index in [0.717, 1.165) is 45.4 Å². The number of benzene rings is 7. The molecule has 0 bridgehead atoms. The van der Waals surface area contributed by atoms with Crippen molar-refractivity contribution in [3.05, 3.63) is 204 Å². The molecule has 3 aliphatic rings. The fraction of sp³-hybridized carbons (Fsp3) is 0.0417. The van der Waals surface area contributed by atoms with Crippen molar-refractivity contribution >= 4 is 44.6 Å². The van der Waals surface area contributed by atoms with Gasteiger partial charge in [-0.05, 0) is 98.5 Å². The maximum Gasteiger partial charge on any atom is 0.159 e. The molecule has 3 aliphatic carbocycles. The van der Waals surface area contributed by atoms with Gasteiger partial charge in [-0.1, -0.05) is 140 Å². The lowest BCUT2D eigenvalue weighted by atomic mass is 9.70. The van der Waals surface area contributed by atoms with Crippen LogP contribution >= 0.6 is 0 Å². The van der Waals surface area contributed by atoms with Gasteiger partial charge in [0.1, 0.15) is 5.58 Å². The Morgan fingerprint density at radius 2 is 1.14 bits per heavy atom. The number of hydrogen-bond acceptors (Lipinski definition) is 2.